The third kappa shape index (κ3) is 1.97. The number of rotatable bonds is 1. The van der Waals surface area contributed by atoms with Gasteiger partial charge in [-0.3, -0.25) is 13.9 Å². The summed E-state index contributed by atoms with van der Waals surface area (Å²) in [6, 6.07) is 0. The maximum Gasteiger partial charge on any atom is 0.332 e. The molecular formula is C17H22N4O2. The lowest BCUT2D eigenvalue weighted by atomic mass is 10.0. The van der Waals surface area contributed by atoms with E-state index >= 15 is 0 Å². The molecule has 0 aromatic carbocycles. The zero-order valence-corrected chi connectivity index (χ0v) is 13.9. The van der Waals surface area contributed by atoms with Crippen molar-refractivity contribution >= 4 is 16.7 Å². The average Bonchev–Trinajstić information content (AvgIpc) is 3.12. The lowest BCUT2D eigenvalue weighted by Crippen LogP contribution is -2.38. The summed E-state index contributed by atoms with van der Waals surface area (Å²) in [5, 5.41) is 0.578. The van der Waals surface area contributed by atoms with Crippen LogP contribution < -0.4 is 16.1 Å². The van der Waals surface area contributed by atoms with Gasteiger partial charge in [0.2, 0.25) is 0 Å². The van der Waals surface area contributed by atoms with Crippen molar-refractivity contribution in [2.45, 2.75) is 26.2 Å². The SMILES string of the molecule is Cc1cnc2c(c1N1CC3CCCC3C1)c(=O)n(C)c(=O)n2C. The molecule has 0 amide bonds. The fourth-order valence-electron chi connectivity index (χ4n) is 4.43. The van der Waals surface area contributed by atoms with E-state index in [1.807, 2.05) is 6.92 Å². The quantitative estimate of drug-likeness (QED) is 0.793. The fraction of sp³-hybridized carbons (Fsp3) is 0.588. The Bertz CT molecular complexity index is 899. The van der Waals surface area contributed by atoms with E-state index in [0.29, 0.717) is 11.0 Å². The van der Waals surface area contributed by atoms with Crippen LogP contribution in [0.25, 0.3) is 11.0 Å². The van der Waals surface area contributed by atoms with Crippen LogP contribution in [0.1, 0.15) is 24.8 Å². The van der Waals surface area contributed by atoms with E-state index in [4.69, 9.17) is 0 Å². The van der Waals surface area contributed by atoms with Gasteiger partial charge in [-0.1, -0.05) is 6.42 Å². The molecule has 0 bridgehead atoms. The fourth-order valence-corrected chi connectivity index (χ4v) is 4.43. The summed E-state index contributed by atoms with van der Waals surface area (Å²) in [4.78, 5) is 31.6. The largest absolute Gasteiger partial charge is 0.370 e. The van der Waals surface area contributed by atoms with Crippen LogP contribution in [-0.4, -0.2) is 27.2 Å². The molecule has 1 saturated carbocycles. The molecule has 2 aliphatic rings. The summed E-state index contributed by atoms with van der Waals surface area (Å²) in [7, 11) is 3.21. The molecule has 2 fully saturated rings. The Morgan fingerprint density at radius 2 is 1.74 bits per heavy atom. The first-order valence-electron chi connectivity index (χ1n) is 8.29. The van der Waals surface area contributed by atoms with Gasteiger partial charge < -0.3 is 4.90 Å². The van der Waals surface area contributed by atoms with Crippen molar-refractivity contribution in [3.8, 4) is 0 Å². The highest BCUT2D eigenvalue weighted by Crippen LogP contribution is 2.41. The molecule has 1 saturated heterocycles. The monoisotopic (exact) mass is 314 g/mol. The third-order valence-corrected chi connectivity index (χ3v) is 5.67. The average molecular weight is 314 g/mol. The van der Waals surface area contributed by atoms with E-state index in [2.05, 4.69) is 9.88 Å². The zero-order chi connectivity index (χ0) is 16.3. The normalized spacial score (nSPS) is 23.7. The molecule has 1 aliphatic carbocycles. The Morgan fingerprint density at radius 3 is 2.39 bits per heavy atom. The summed E-state index contributed by atoms with van der Waals surface area (Å²) < 4.78 is 2.65. The smallest absolute Gasteiger partial charge is 0.332 e. The Hall–Kier alpha value is -2.11. The van der Waals surface area contributed by atoms with Crippen molar-refractivity contribution in [2.75, 3.05) is 18.0 Å². The molecule has 3 heterocycles. The van der Waals surface area contributed by atoms with Crippen molar-refractivity contribution in [1.29, 1.82) is 0 Å². The number of pyridine rings is 1. The zero-order valence-electron chi connectivity index (χ0n) is 13.9. The first-order valence-corrected chi connectivity index (χ1v) is 8.29. The van der Waals surface area contributed by atoms with Crippen LogP contribution in [0.2, 0.25) is 0 Å². The van der Waals surface area contributed by atoms with Crippen LogP contribution in [0.3, 0.4) is 0 Å². The van der Waals surface area contributed by atoms with Crippen molar-refractivity contribution in [2.24, 2.45) is 25.9 Å². The van der Waals surface area contributed by atoms with E-state index in [9.17, 15) is 9.59 Å². The van der Waals surface area contributed by atoms with Crippen molar-refractivity contribution in [3.63, 3.8) is 0 Å². The number of hydrogen-bond donors (Lipinski definition) is 0. The standard InChI is InChI=1S/C17H22N4O2/c1-10-7-18-15-13(16(22)20(3)17(23)19(15)2)14(10)21-8-11-5-4-6-12(11)9-21/h7,11-12H,4-6,8-9H2,1-3H3. The number of fused-ring (bicyclic) bond motifs is 2. The molecule has 6 heteroatoms. The predicted molar refractivity (Wildman–Crippen MR) is 90.0 cm³/mol. The molecule has 122 valence electrons. The van der Waals surface area contributed by atoms with Gasteiger partial charge in [0.1, 0.15) is 5.39 Å². The molecule has 6 nitrogen and oxygen atoms in total. The van der Waals surface area contributed by atoms with Crippen LogP contribution >= 0.6 is 0 Å². The molecule has 23 heavy (non-hydrogen) atoms. The first-order chi connectivity index (χ1) is 11.0. The van der Waals surface area contributed by atoms with Gasteiger partial charge in [0.15, 0.2) is 5.65 Å². The maximum absolute atomic E-state index is 12.8. The summed E-state index contributed by atoms with van der Waals surface area (Å²) in [6.07, 6.45) is 5.69. The van der Waals surface area contributed by atoms with Crippen LogP contribution in [0.15, 0.2) is 15.8 Å². The van der Waals surface area contributed by atoms with Gasteiger partial charge in [-0.15, -0.1) is 0 Å². The molecule has 0 spiro atoms. The molecular weight excluding hydrogens is 292 g/mol. The molecule has 0 radical (unpaired) electrons. The Morgan fingerprint density at radius 1 is 1.09 bits per heavy atom. The van der Waals surface area contributed by atoms with E-state index in [1.54, 1.807) is 13.2 Å². The van der Waals surface area contributed by atoms with Crippen LogP contribution in [-0.2, 0) is 14.1 Å². The minimum absolute atomic E-state index is 0.244. The molecule has 2 unspecified atom stereocenters. The van der Waals surface area contributed by atoms with Gasteiger partial charge in [-0.25, -0.2) is 9.78 Å². The Balaban J connectivity index is 1.98. The van der Waals surface area contributed by atoms with Gasteiger partial charge in [-0.2, -0.15) is 0 Å². The second-order valence-corrected chi connectivity index (χ2v) is 7.05. The topological polar surface area (TPSA) is 60.1 Å². The number of nitrogens with zero attached hydrogens (tertiary/aromatic N) is 4. The van der Waals surface area contributed by atoms with Crippen LogP contribution in [0, 0.1) is 18.8 Å². The van der Waals surface area contributed by atoms with E-state index < -0.39 is 0 Å². The predicted octanol–water partition coefficient (Wildman–Crippen LogP) is 1.18. The van der Waals surface area contributed by atoms with Crippen LogP contribution in [0.4, 0.5) is 5.69 Å². The van der Waals surface area contributed by atoms with Gasteiger partial charge >= 0.3 is 5.69 Å². The summed E-state index contributed by atoms with van der Waals surface area (Å²) in [6.45, 7) is 4.02. The van der Waals surface area contributed by atoms with E-state index in [1.165, 1.54) is 35.4 Å². The van der Waals surface area contributed by atoms with Gasteiger partial charge in [0, 0.05) is 33.4 Å². The minimum atomic E-state index is -0.330. The maximum atomic E-state index is 12.8. The molecule has 4 rings (SSSR count). The van der Waals surface area contributed by atoms with Gasteiger partial charge in [-0.05, 0) is 37.2 Å². The number of hydrogen-bond acceptors (Lipinski definition) is 4. The van der Waals surface area contributed by atoms with E-state index in [-0.39, 0.29) is 11.2 Å². The second-order valence-electron chi connectivity index (χ2n) is 7.05. The number of anilines is 1. The first kappa shape index (κ1) is 14.5. The summed E-state index contributed by atoms with van der Waals surface area (Å²) >= 11 is 0. The Labute approximate surface area is 134 Å². The number of aromatic nitrogens is 3. The summed E-state index contributed by atoms with van der Waals surface area (Å²) in [5.41, 5.74) is 1.89. The second kappa shape index (κ2) is 4.94. The Kier molecular flexibility index (Phi) is 3.11. The summed E-state index contributed by atoms with van der Waals surface area (Å²) in [5.74, 6) is 1.49. The van der Waals surface area contributed by atoms with Gasteiger partial charge in [0.05, 0.1) is 5.69 Å². The van der Waals surface area contributed by atoms with Gasteiger partial charge in [0.25, 0.3) is 5.56 Å². The lowest BCUT2D eigenvalue weighted by molar-refractivity contribution is 0.494. The van der Waals surface area contributed by atoms with Crippen molar-refractivity contribution in [3.05, 3.63) is 32.6 Å². The van der Waals surface area contributed by atoms with Crippen molar-refractivity contribution in [1.82, 2.24) is 14.1 Å². The molecule has 2 atom stereocenters. The van der Waals surface area contributed by atoms with Crippen LogP contribution in [0.5, 0.6) is 0 Å². The molecule has 2 aromatic rings. The van der Waals surface area contributed by atoms with Crippen molar-refractivity contribution < 1.29 is 0 Å². The third-order valence-electron chi connectivity index (χ3n) is 5.67. The highest BCUT2D eigenvalue weighted by Gasteiger charge is 2.37. The molecule has 1 aliphatic heterocycles. The molecule has 0 N–H and O–H groups in total. The molecule has 2 aromatic heterocycles. The highest BCUT2D eigenvalue weighted by molar-refractivity contribution is 5.90. The number of aryl methyl sites for hydroxylation is 2. The van der Waals surface area contributed by atoms with E-state index in [0.717, 1.165) is 36.2 Å². The minimum Gasteiger partial charge on any atom is -0.370 e. The lowest BCUT2D eigenvalue weighted by Gasteiger charge is -2.23. The highest BCUT2D eigenvalue weighted by atomic mass is 16.2.